The molecule has 0 radical (unpaired) electrons. The molecule has 3 atom stereocenters. The molecule has 1 aliphatic rings. The number of halogens is 1. The first-order valence-corrected chi connectivity index (χ1v) is 16.6. The van der Waals surface area contributed by atoms with Gasteiger partial charge in [-0.3, -0.25) is 14.4 Å². The van der Waals surface area contributed by atoms with Crippen LogP contribution in [0.4, 0.5) is 11.4 Å². The number of aliphatic hydroxyl groups is 1. The van der Waals surface area contributed by atoms with E-state index in [-0.39, 0.29) is 18.4 Å². The zero-order valence-electron chi connectivity index (χ0n) is 27.6. The molecule has 0 saturated heterocycles. The van der Waals surface area contributed by atoms with E-state index in [9.17, 15) is 14.7 Å². The van der Waals surface area contributed by atoms with Crippen molar-refractivity contribution in [3.05, 3.63) is 107 Å². The number of hydrogen-bond donors (Lipinski definition) is 6. The number of benzene rings is 3. The van der Waals surface area contributed by atoms with Crippen molar-refractivity contribution < 1.29 is 24.3 Å². The second-order valence-electron chi connectivity index (χ2n) is 11.7. The SMILES string of the molecule is COC(O)Nc1ccc2c(c1)N[C@@H](C(=O)NOCc1ccccc1)CCCC[C@H](NC(=O)/C=C/c1cc(Cl)ccc1-n1cnnn1)c1nc-2c[nH]1. The number of hydrogen-bond acceptors (Lipinski definition) is 11. The molecule has 16 heteroatoms. The summed E-state index contributed by atoms with van der Waals surface area (Å²) in [5.74, 6) is -0.102. The number of methoxy groups -OCH3 is 1. The highest BCUT2D eigenvalue weighted by atomic mass is 35.5. The molecule has 2 amide bonds. The van der Waals surface area contributed by atoms with E-state index in [0.717, 1.165) is 5.56 Å². The van der Waals surface area contributed by atoms with Gasteiger partial charge in [-0.25, -0.2) is 10.5 Å². The maximum absolute atomic E-state index is 13.5. The van der Waals surface area contributed by atoms with E-state index in [1.807, 2.05) is 36.4 Å². The fraction of sp³-hybridized carbons (Fsp3) is 0.257. The Labute approximate surface area is 298 Å². The van der Waals surface area contributed by atoms with Gasteiger partial charge in [0.1, 0.15) is 18.2 Å². The van der Waals surface area contributed by atoms with Crippen molar-refractivity contribution in [2.24, 2.45) is 0 Å². The third-order valence-electron chi connectivity index (χ3n) is 8.19. The number of ether oxygens (including phenoxy) is 1. The van der Waals surface area contributed by atoms with Crippen molar-refractivity contribution in [2.45, 2.75) is 50.8 Å². The predicted octanol–water partition coefficient (Wildman–Crippen LogP) is 4.51. The van der Waals surface area contributed by atoms with Gasteiger partial charge in [-0.15, -0.1) is 5.10 Å². The summed E-state index contributed by atoms with van der Waals surface area (Å²) in [6.07, 6.45) is 7.40. The van der Waals surface area contributed by atoms with Gasteiger partial charge in [-0.2, -0.15) is 4.68 Å². The number of nitrogens with one attached hydrogen (secondary N) is 5. The van der Waals surface area contributed by atoms with Crippen LogP contribution in [0.3, 0.4) is 0 Å². The molecule has 3 aromatic carbocycles. The second kappa shape index (κ2) is 16.9. The van der Waals surface area contributed by atoms with E-state index in [2.05, 4.69) is 41.9 Å². The second-order valence-corrected chi connectivity index (χ2v) is 12.2. The van der Waals surface area contributed by atoms with Gasteiger partial charge in [-0.1, -0.05) is 54.8 Å². The van der Waals surface area contributed by atoms with Crippen LogP contribution < -0.4 is 21.4 Å². The van der Waals surface area contributed by atoms with Crippen LogP contribution in [0.15, 0.2) is 85.3 Å². The minimum absolute atomic E-state index is 0.209. The number of rotatable bonds is 11. The summed E-state index contributed by atoms with van der Waals surface area (Å²) in [4.78, 5) is 40.5. The summed E-state index contributed by atoms with van der Waals surface area (Å²) in [5, 5.41) is 31.2. The van der Waals surface area contributed by atoms with Crippen molar-refractivity contribution in [3.63, 3.8) is 0 Å². The van der Waals surface area contributed by atoms with Crippen molar-refractivity contribution in [1.82, 2.24) is 41.0 Å². The Morgan fingerprint density at radius 3 is 2.76 bits per heavy atom. The molecule has 6 rings (SSSR count). The normalized spacial score (nSPS) is 16.6. The molecule has 264 valence electrons. The third kappa shape index (κ3) is 9.34. The molecule has 1 aliphatic heterocycles. The number of nitrogens with zero attached hydrogens (tertiary/aromatic N) is 5. The van der Waals surface area contributed by atoms with Crippen LogP contribution in [0, 0.1) is 0 Å². The largest absolute Gasteiger partial charge is 0.373 e. The number of carbonyl (C=O) groups excluding carboxylic acids is 2. The van der Waals surface area contributed by atoms with Crippen LogP contribution in [-0.4, -0.2) is 66.7 Å². The highest BCUT2D eigenvalue weighted by molar-refractivity contribution is 6.30. The van der Waals surface area contributed by atoms with Gasteiger partial charge in [0.2, 0.25) is 12.3 Å². The third-order valence-corrected chi connectivity index (χ3v) is 8.42. The smallest absolute Gasteiger partial charge is 0.266 e. The molecule has 6 N–H and O–H groups in total. The Morgan fingerprint density at radius 2 is 1.96 bits per heavy atom. The van der Waals surface area contributed by atoms with Gasteiger partial charge in [0.15, 0.2) is 0 Å². The fourth-order valence-corrected chi connectivity index (χ4v) is 5.80. The number of aliphatic hydroxyl groups excluding tert-OH is 1. The minimum atomic E-state index is -1.24. The summed E-state index contributed by atoms with van der Waals surface area (Å²) in [6.45, 7) is 0.209. The van der Waals surface area contributed by atoms with Crippen molar-refractivity contribution in [3.8, 4) is 16.9 Å². The maximum atomic E-state index is 13.5. The molecule has 51 heavy (non-hydrogen) atoms. The number of carbonyl (C=O) groups is 2. The number of anilines is 2. The zero-order chi connectivity index (χ0) is 35.6. The molecule has 0 spiro atoms. The van der Waals surface area contributed by atoms with E-state index in [0.29, 0.717) is 70.4 Å². The van der Waals surface area contributed by atoms with Gasteiger partial charge in [-0.05, 0) is 71.3 Å². The minimum Gasteiger partial charge on any atom is -0.373 e. The first kappa shape index (κ1) is 35.2. The van der Waals surface area contributed by atoms with Gasteiger partial charge < -0.3 is 30.8 Å². The molecule has 0 fully saturated rings. The number of tetrazole rings is 1. The lowest BCUT2D eigenvalue weighted by molar-refractivity contribution is -0.135. The van der Waals surface area contributed by atoms with Crippen molar-refractivity contribution in [1.29, 1.82) is 0 Å². The van der Waals surface area contributed by atoms with Crippen LogP contribution in [0.5, 0.6) is 0 Å². The Balaban J connectivity index is 1.23. The van der Waals surface area contributed by atoms with Gasteiger partial charge in [0.05, 0.1) is 24.0 Å². The average molecular weight is 713 g/mol. The van der Waals surface area contributed by atoms with E-state index >= 15 is 0 Å². The lowest BCUT2D eigenvalue weighted by atomic mass is 10.0. The van der Waals surface area contributed by atoms with Crippen LogP contribution in [0.25, 0.3) is 23.0 Å². The fourth-order valence-electron chi connectivity index (χ4n) is 5.62. The molecular weight excluding hydrogens is 676 g/mol. The molecule has 0 saturated carbocycles. The van der Waals surface area contributed by atoms with Crippen LogP contribution >= 0.6 is 11.6 Å². The Hall–Kier alpha value is -5.61. The van der Waals surface area contributed by atoms with Gasteiger partial charge in [0.25, 0.3) is 5.91 Å². The summed E-state index contributed by atoms with van der Waals surface area (Å²) < 4.78 is 6.44. The maximum Gasteiger partial charge on any atom is 0.266 e. The standard InChI is InChI=1S/C35H37ClN10O5/c1-50-35(49)39-25-13-14-26-29(18-25)40-28(34(48)43-51-20-22-7-3-2-4-8-22)10-6-5-9-27(33-37-19-30(26)42-33)41-32(47)16-11-23-17-24(36)12-15-31(23)46-21-38-44-45-46/h2-4,7-8,11-19,21,27-28,35,39-40,49H,5-6,9-10,20H2,1H3,(H,37,42)(H,41,47)(H,43,48)/b16-11+/t27-,28+,35?/m0/s1. The highest BCUT2D eigenvalue weighted by Gasteiger charge is 2.24. The van der Waals surface area contributed by atoms with Crippen LogP contribution in [0.2, 0.25) is 5.02 Å². The number of aromatic nitrogens is 6. The predicted molar refractivity (Wildman–Crippen MR) is 190 cm³/mol. The summed E-state index contributed by atoms with van der Waals surface area (Å²) in [6, 6.07) is 19.0. The lowest BCUT2D eigenvalue weighted by Gasteiger charge is -2.23. The van der Waals surface area contributed by atoms with E-state index in [1.54, 1.807) is 42.6 Å². The number of fused-ring (bicyclic) bond motifs is 4. The first-order valence-electron chi connectivity index (χ1n) is 16.3. The number of aromatic amines is 1. The molecule has 3 heterocycles. The number of amides is 2. The molecule has 5 aromatic rings. The first-order chi connectivity index (χ1) is 24.9. The Morgan fingerprint density at radius 1 is 1.12 bits per heavy atom. The molecule has 15 nitrogen and oxygen atoms in total. The Kier molecular flexibility index (Phi) is 11.6. The van der Waals surface area contributed by atoms with Gasteiger partial charge >= 0.3 is 0 Å². The van der Waals surface area contributed by atoms with Crippen molar-refractivity contribution >= 4 is 40.9 Å². The Bertz CT molecular complexity index is 1950. The summed E-state index contributed by atoms with van der Waals surface area (Å²) in [5.41, 5.74) is 7.24. The topological polar surface area (TPSA) is 193 Å². The highest BCUT2D eigenvalue weighted by Crippen LogP contribution is 2.33. The monoisotopic (exact) mass is 712 g/mol. The summed E-state index contributed by atoms with van der Waals surface area (Å²) >= 11 is 6.25. The number of hydroxylamine groups is 1. The number of imidazole rings is 1. The molecular formula is C35H37ClN10O5. The summed E-state index contributed by atoms with van der Waals surface area (Å²) in [7, 11) is 1.38. The molecule has 2 aromatic heterocycles. The van der Waals surface area contributed by atoms with Crippen LogP contribution in [-0.2, 0) is 25.8 Å². The lowest BCUT2D eigenvalue weighted by Crippen LogP contribution is -2.39. The zero-order valence-corrected chi connectivity index (χ0v) is 28.4. The van der Waals surface area contributed by atoms with E-state index < -0.39 is 18.5 Å². The molecule has 0 aliphatic carbocycles. The number of H-pyrrole nitrogens is 1. The molecule has 2 bridgehead atoms. The van der Waals surface area contributed by atoms with E-state index in [1.165, 1.54) is 24.2 Å². The van der Waals surface area contributed by atoms with E-state index in [4.69, 9.17) is 26.2 Å². The van der Waals surface area contributed by atoms with Crippen molar-refractivity contribution in [2.75, 3.05) is 17.7 Å². The average Bonchev–Trinajstić information content (AvgIpc) is 3.85. The van der Waals surface area contributed by atoms with Crippen LogP contribution in [0.1, 0.15) is 48.7 Å². The van der Waals surface area contributed by atoms with Gasteiger partial charge in [0, 0.05) is 46.9 Å². The quantitative estimate of drug-likeness (QED) is 0.0641. The molecule has 1 unspecified atom stereocenters.